The summed E-state index contributed by atoms with van der Waals surface area (Å²) in [7, 11) is 0. The molecular weight excluding hydrogens is 729 g/mol. The van der Waals surface area contributed by atoms with E-state index in [-0.39, 0.29) is 61.0 Å². The van der Waals surface area contributed by atoms with Crippen LogP contribution in [0.2, 0.25) is 0 Å². The van der Waals surface area contributed by atoms with E-state index in [9.17, 15) is 0 Å². The molecule has 0 amide bonds. The van der Waals surface area contributed by atoms with Crippen LogP contribution in [0.15, 0.2) is 147 Å². The average Bonchev–Trinajstić information content (AvgIpc) is 3.63. The van der Waals surface area contributed by atoms with E-state index in [0.717, 1.165) is 60.8 Å². The minimum Gasteiger partial charge on any atom is -0.374 e. The highest BCUT2D eigenvalue weighted by atomic mass is 16.6. The van der Waals surface area contributed by atoms with Gasteiger partial charge in [0.15, 0.2) is 0 Å². The number of rotatable bonds is 18. The van der Waals surface area contributed by atoms with E-state index in [2.05, 4.69) is 61.7 Å². The Bertz CT molecular complexity index is 1760. The normalized spacial score (nSPS) is 29.0. The first-order chi connectivity index (χ1) is 28.6. The molecule has 3 heterocycles. The van der Waals surface area contributed by atoms with E-state index in [0.29, 0.717) is 39.6 Å². The zero-order chi connectivity index (χ0) is 39.8. The third-order valence-corrected chi connectivity index (χ3v) is 11.4. The molecule has 0 spiro atoms. The molecule has 4 aromatic rings. The van der Waals surface area contributed by atoms with Gasteiger partial charge in [-0.15, -0.1) is 13.2 Å². The van der Waals surface area contributed by atoms with Crippen molar-refractivity contribution in [2.24, 2.45) is 0 Å². The first-order valence-corrected chi connectivity index (χ1v) is 21.1. The fourth-order valence-electron chi connectivity index (χ4n) is 8.24. The highest BCUT2D eigenvalue weighted by Crippen LogP contribution is 2.35. The lowest BCUT2D eigenvalue weighted by atomic mass is 10.0. The second kappa shape index (κ2) is 22.4. The maximum Gasteiger partial charge on any atom is 0.108 e. The lowest BCUT2D eigenvalue weighted by Gasteiger charge is -2.32. The SMILES string of the molecule is C=C[C@@H]1O[C@@H]2CC[C@H](OCc3ccccc3)[C@@H](COCc3ccccc3)O[C@H]2CC[C@H]1O[C@H]1CC[C@@H](OCc2ccccc2)[C@H](COCc2ccccc2)O[C@@H]1C=C. The van der Waals surface area contributed by atoms with Crippen molar-refractivity contribution in [1.82, 2.24) is 0 Å². The number of hydrogen-bond donors (Lipinski definition) is 0. The molecule has 7 rings (SSSR count). The zero-order valence-corrected chi connectivity index (χ0v) is 33.6. The molecule has 0 saturated carbocycles. The maximum atomic E-state index is 7.03. The largest absolute Gasteiger partial charge is 0.374 e. The third-order valence-electron chi connectivity index (χ3n) is 11.4. The molecule has 3 saturated heterocycles. The van der Waals surface area contributed by atoms with Gasteiger partial charge in [-0.05, 0) is 60.8 Å². The molecule has 8 heteroatoms. The molecular formula is C50H60O8. The van der Waals surface area contributed by atoms with Crippen LogP contribution >= 0.6 is 0 Å². The predicted molar refractivity (Wildman–Crippen MR) is 225 cm³/mol. The Kier molecular flexibility index (Phi) is 16.3. The standard InChI is InChI=1S/C50H60O8/c1-3-41-46(57-45-27-25-43(53-33-39-21-13-7-14-22-39)49(56-42(45)4-2)35-51-31-37-17-9-5-10-18-37)29-30-48-47(55-41)28-26-44(54-34-40-23-15-8-16-24-40)50(58-48)36-52-32-38-19-11-6-12-20-38/h3-24,41-50H,1-2,25-36H2/t41-,42+,43+,44-,45-,46+,47+,48-,49-,50+/m0/s1. The van der Waals surface area contributed by atoms with Crippen molar-refractivity contribution in [1.29, 1.82) is 0 Å². The van der Waals surface area contributed by atoms with E-state index < -0.39 is 0 Å². The second-order valence-electron chi connectivity index (χ2n) is 15.6. The number of hydrogen-bond acceptors (Lipinski definition) is 8. The Balaban J connectivity index is 1.01. The molecule has 0 aliphatic carbocycles. The van der Waals surface area contributed by atoms with Crippen LogP contribution in [0.25, 0.3) is 0 Å². The van der Waals surface area contributed by atoms with Crippen LogP contribution in [-0.2, 0) is 64.3 Å². The van der Waals surface area contributed by atoms with Crippen LogP contribution in [-0.4, -0.2) is 74.3 Å². The fourth-order valence-corrected chi connectivity index (χ4v) is 8.24. The van der Waals surface area contributed by atoms with Crippen LogP contribution in [0.1, 0.15) is 60.8 Å². The molecule has 8 nitrogen and oxygen atoms in total. The Morgan fingerprint density at radius 3 is 1.26 bits per heavy atom. The molecule has 58 heavy (non-hydrogen) atoms. The van der Waals surface area contributed by atoms with Crippen molar-refractivity contribution in [3.05, 3.63) is 169 Å². The summed E-state index contributed by atoms with van der Waals surface area (Å²) in [5.74, 6) is 0. The summed E-state index contributed by atoms with van der Waals surface area (Å²) in [5.41, 5.74) is 4.49. The van der Waals surface area contributed by atoms with Crippen molar-refractivity contribution < 1.29 is 37.9 Å². The van der Waals surface area contributed by atoms with Gasteiger partial charge in [-0.2, -0.15) is 0 Å². The molecule has 308 valence electrons. The van der Waals surface area contributed by atoms with Gasteiger partial charge < -0.3 is 37.9 Å². The summed E-state index contributed by atoms with van der Waals surface area (Å²) in [6.07, 6.45) is 5.97. The maximum absolute atomic E-state index is 7.03. The smallest absolute Gasteiger partial charge is 0.108 e. The summed E-state index contributed by atoms with van der Waals surface area (Å²) >= 11 is 0. The van der Waals surface area contributed by atoms with Gasteiger partial charge in [-0.25, -0.2) is 0 Å². The molecule has 0 bridgehead atoms. The number of fused-ring (bicyclic) bond motifs is 1. The summed E-state index contributed by atoms with van der Waals surface area (Å²) in [4.78, 5) is 0. The van der Waals surface area contributed by atoms with Crippen molar-refractivity contribution in [2.45, 2.75) is 126 Å². The minimum atomic E-state index is -0.361. The van der Waals surface area contributed by atoms with Gasteiger partial charge in [-0.3, -0.25) is 0 Å². The number of ether oxygens (including phenoxy) is 8. The summed E-state index contributed by atoms with van der Waals surface area (Å²) in [6, 6.07) is 41.0. The van der Waals surface area contributed by atoms with Gasteiger partial charge in [0.2, 0.25) is 0 Å². The molecule has 0 N–H and O–H groups in total. The van der Waals surface area contributed by atoms with E-state index >= 15 is 0 Å². The molecule has 0 aromatic heterocycles. The van der Waals surface area contributed by atoms with E-state index in [4.69, 9.17) is 37.9 Å². The average molecular weight is 789 g/mol. The topological polar surface area (TPSA) is 73.8 Å². The molecule has 3 aliphatic heterocycles. The Morgan fingerprint density at radius 2 is 0.793 bits per heavy atom. The van der Waals surface area contributed by atoms with Crippen LogP contribution in [0.3, 0.4) is 0 Å². The quantitative estimate of drug-likeness (QED) is 0.0925. The van der Waals surface area contributed by atoms with Gasteiger partial charge in [0.1, 0.15) is 24.4 Å². The van der Waals surface area contributed by atoms with Gasteiger partial charge >= 0.3 is 0 Å². The van der Waals surface area contributed by atoms with Gasteiger partial charge in [0, 0.05) is 0 Å². The van der Waals surface area contributed by atoms with Crippen LogP contribution in [0.5, 0.6) is 0 Å². The van der Waals surface area contributed by atoms with Crippen molar-refractivity contribution in [2.75, 3.05) is 13.2 Å². The fraction of sp³-hybridized carbons (Fsp3) is 0.440. The van der Waals surface area contributed by atoms with Crippen LogP contribution in [0.4, 0.5) is 0 Å². The Labute approximate surface area is 345 Å². The molecule has 4 aromatic carbocycles. The predicted octanol–water partition coefficient (Wildman–Crippen LogP) is 9.36. The van der Waals surface area contributed by atoms with E-state index in [1.807, 2.05) is 84.9 Å². The summed E-state index contributed by atoms with van der Waals surface area (Å²) < 4.78 is 53.3. The first kappa shape index (κ1) is 42.2. The van der Waals surface area contributed by atoms with E-state index in [1.165, 1.54) is 0 Å². The van der Waals surface area contributed by atoms with Crippen molar-refractivity contribution in [3.63, 3.8) is 0 Å². The zero-order valence-electron chi connectivity index (χ0n) is 33.6. The van der Waals surface area contributed by atoms with Crippen molar-refractivity contribution >= 4 is 0 Å². The molecule has 0 unspecified atom stereocenters. The van der Waals surface area contributed by atoms with E-state index in [1.54, 1.807) is 0 Å². The minimum absolute atomic E-state index is 0.138. The monoisotopic (exact) mass is 788 g/mol. The van der Waals surface area contributed by atoms with Gasteiger partial charge in [-0.1, -0.05) is 133 Å². The molecule has 10 atom stereocenters. The lowest BCUT2D eigenvalue weighted by Crippen LogP contribution is -2.41. The molecule has 0 radical (unpaired) electrons. The summed E-state index contributed by atoms with van der Waals surface area (Å²) in [5, 5.41) is 0. The number of benzene rings is 4. The Morgan fingerprint density at radius 1 is 0.431 bits per heavy atom. The molecule has 3 fully saturated rings. The highest BCUT2D eigenvalue weighted by molar-refractivity contribution is 5.16. The van der Waals surface area contributed by atoms with Crippen molar-refractivity contribution in [3.8, 4) is 0 Å². The summed E-state index contributed by atoms with van der Waals surface area (Å²) in [6.45, 7) is 11.2. The first-order valence-electron chi connectivity index (χ1n) is 21.1. The molecule has 3 aliphatic rings. The highest BCUT2D eigenvalue weighted by Gasteiger charge is 2.42. The third kappa shape index (κ3) is 12.3. The van der Waals surface area contributed by atoms with Crippen LogP contribution in [0, 0.1) is 0 Å². The van der Waals surface area contributed by atoms with Gasteiger partial charge in [0.25, 0.3) is 0 Å². The Hall–Kier alpha value is -3.96. The lowest BCUT2D eigenvalue weighted by molar-refractivity contribution is -0.160. The van der Waals surface area contributed by atoms with Crippen LogP contribution < -0.4 is 0 Å². The van der Waals surface area contributed by atoms with Gasteiger partial charge in [0.05, 0.1) is 76.3 Å². The second-order valence-corrected chi connectivity index (χ2v) is 15.6.